The molecule has 0 saturated heterocycles. The lowest BCUT2D eigenvalue weighted by Crippen LogP contribution is -2.42. The van der Waals surface area contributed by atoms with E-state index in [0.29, 0.717) is 19.2 Å². The molecule has 4 N–H and O–H groups in total. The molecule has 2 rings (SSSR count). The molecular weight excluding hydrogens is 242 g/mol. The fourth-order valence-electron chi connectivity index (χ4n) is 1.76. The largest absolute Gasteiger partial charge is 0.491 e. The second kappa shape index (κ2) is 6.08. The van der Waals surface area contributed by atoms with Crippen LogP contribution in [0.15, 0.2) is 34.3 Å². The van der Waals surface area contributed by atoms with E-state index in [4.69, 9.17) is 16.2 Å². The maximum Gasteiger partial charge on any atom is 0.220 e. The first-order chi connectivity index (χ1) is 9.22. The molecule has 0 atom stereocenters. The van der Waals surface area contributed by atoms with Crippen molar-refractivity contribution in [1.29, 1.82) is 0 Å². The van der Waals surface area contributed by atoms with Gasteiger partial charge in [-0.1, -0.05) is 25.5 Å². The zero-order valence-electron chi connectivity index (χ0n) is 11.0. The lowest BCUT2D eigenvalue weighted by Gasteiger charge is -2.26. The van der Waals surface area contributed by atoms with E-state index in [9.17, 15) is 0 Å². The normalized spacial score (nSPS) is 14.9. The van der Waals surface area contributed by atoms with Crippen LogP contribution in [0.25, 0.3) is 0 Å². The van der Waals surface area contributed by atoms with Crippen LogP contribution in [0, 0.1) is 0 Å². The topological polar surface area (TPSA) is 89.2 Å². The smallest absolute Gasteiger partial charge is 0.220 e. The van der Waals surface area contributed by atoms with Gasteiger partial charge in [0.1, 0.15) is 12.4 Å². The van der Waals surface area contributed by atoms with Crippen molar-refractivity contribution in [2.24, 2.45) is 21.5 Å². The third-order valence-electron chi connectivity index (χ3n) is 2.79. The molecule has 6 heteroatoms. The lowest BCUT2D eigenvalue weighted by atomic mass is 10.2. The second-order valence-electron chi connectivity index (χ2n) is 4.23. The number of rotatable bonds is 5. The molecule has 1 aromatic carbocycles. The number of anilines is 1. The number of aliphatic imine (C=N–C) groups is 2. The monoisotopic (exact) mass is 261 g/mol. The van der Waals surface area contributed by atoms with Crippen LogP contribution in [0.5, 0.6) is 5.75 Å². The third-order valence-corrected chi connectivity index (χ3v) is 2.79. The summed E-state index contributed by atoms with van der Waals surface area (Å²) in [5.74, 6) is 1.32. The summed E-state index contributed by atoms with van der Waals surface area (Å²) in [5.41, 5.74) is 12.3. The summed E-state index contributed by atoms with van der Waals surface area (Å²) in [7, 11) is 0. The van der Waals surface area contributed by atoms with Crippen LogP contribution < -0.4 is 21.1 Å². The highest BCUT2D eigenvalue weighted by atomic mass is 16.5. The number of nitrogens with zero attached hydrogens (tertiary/aromatic N) is 3. The summed E-state index contributed by atoms with van der Waals surface area (Å²) in [4.78, 5) is 9.82. The van der Waals surface area contributed by atoms with Gasteiger partial charge in [0.2, 0.25) is 11.9 Å². The van der Waals surface area contributed by atoms with Gasteiger partial charge in [0.25, 0.3) is 0 Å². The van der Waals surface area contributed by atoms with E-state index in [1.807, 2.05) is 24.3 Å². The predicted molar refractivity (Wildman–Crippen MR) is 77.4 cm³/mol. The highest BCUT2D eigenvalue weighted by Gasteiger charge is 2.18. The van der Waals surface area contributed by atoms with E-state index < -0.39 is 0 Å². The van der Waals surface area contributed by atoms with Gasteiger partial charge in [-0.2, -0.15) is 4.99 Å². The molecule has 102 valence electrons. The molecule has 1 aromatic rings. The average molecular weight is 261 g/mol. The van der Waals surface area contributed by atoms with Gasteiger partial charge >= 0.3 is 0 Å². The summed E-state index contributed by atoms with van der Waals surface area (Å²) in [6.07, 6.45) is 2.11. The minimum atomic E-state index is 0.207. The number of hydrogen-bond donors (Lipinski definition) is 2. The quantitative estimate of drug-likeness (QED) is 0.781. The molecule has 6 nitrogen and oxygen atoms in total. The van der Waals surface area contributed by atoms with E-state index in [0.717, 1.165) is 24.3 Å². The molecule has 0 unspecified atom stereocenters. The van der Waals surface area contributed by atoms with Gasteiger partial charge in [-0.3, -0.25) is 4.90 Å². The molecule has 0 bridgehead atoms. The van der Waals surface area contributed by atoms with Crippen LogP contribution in [0.3, 0.4) is 0 Å². The standard InChI is InChI=1S/C13H19N5O/c1-2-3-8-19-11-7-5-4-6-10(11)18-9-16-12(14)17-13(18)15/h4-7H,2-3,8-9H2,1H3,(H4,14,15,16,17). The first-order valence-corrected chi connectivity index (χ1v) is 6.36. The van der Waals surface area contributed by atoms with E-state index in [-0.39, 0.29) is 5.96 Å². The number of hydrogen-bond acceptors (Lipinski definition) is 6. The highest BCUT2D eigenvalue weighted by molar-refractivity contribution is 6.04. The van der Waals surface area contributed by atoms with E-state index >= 15 is 0 Å². The van der Waals surface area contributed by atoms with Crippen LogP contribution >= 0.6 is 0 Å². The Morgan fingerprint density at radius 2 is 2.11 bits per heavy atom. The third kappa shape index (κ3) is 3.15. The maximum absolute atomic E-state index is 5.88. The fourth-order valence-corrected chi connectivity index (χ4v) is 1.76. The number of para-hydroxylation sites is 2. The molecular formula is C13H19N5O. The van der Waals surface area contributed by atoms with E-state index in [1.165, 1.54) is 0 Å². The summed E-state index contributed by atoms with van der Waals surface area (Å²) < 4.78 is 5.77. The molecule has 0 radical (unpaired) electrons. The van der Waals surface area contributed by atoms with Crippen molar-refractivity contribution in [3.05, 3.63) is 24.3 Å². The van der Waals surface area contributed by atoms with E-state index in [1.54, 1.807) is 4.90 Å². The van der Waals surface area contributed by atoms with Crippen molar-refractivity contribution in [1.82, 2.24) is 0 Å². The van der Waals surface area contributed by atoms with Crippen LogP contribution in [0.2, 0.25) is 0 Å². The summed E-state index contributed by atoms with van der Waals surface area (Å²) >= 11 is 0. The zero-order chi connectivity index (χ0) is 13.7. The average Bonchev–Trinajstić information content (AvgIpc) is 2.40. The summed E-state index contributed by atoms with van der Waals surface area (Å²) in [6, 6.07) is 7.71. The number of ether oxygens (including phenoxy) is 1. The Balaban J connectivity index is 2.18. The molecule has 1 aliphatic rings. The minimum Gasteiger partial charge on any atom is -0.491 e. The predicted octanol–water partition coefficient (Wildman–Crippen LogP) is 1.27. The minimum absolute atomic E-state index is 0.207. The van der Waals surface area contributed by atoms with Gasteiger partial charge in [-0.25, -0.2) is 4.99 Å². The van der Waals surface area contributed by atoms with E-state index in [2.05, 4.69) is 16.9 Å². The van der Waals surface area contributed by atoms with Crippen LogP contribution in [0.4, 0.5) is 5.69 Å². The molecule has 1 heterocycles. The molecule has 0 aromatic heterocycles. The Hall–Kier alpha value is -2.24. The molecule has 0 spiro atoms. The molecule has 0 fully saturated rings. The Morgan fingerprint density at radius 1 is 1.32 bits per heavy atom. The molecule has 1 aliphatic heterocycles. The Labute approximate surface area is 112 Å². The number of guanidine groups is 2. The van der Waals surface area contributed by atoms with Crippen molar-refractivity contribution in [3.63, 3.8) is 0 Å². The van der Waals surface area contributed by atoms with Crippen molar-refractivity contribution in [3.8, 4) is 5.75 Å². The van der Waals surface area contributed by atoms with Gasteiger partial charge in [0, 0.05) is 0 Å². The number of nitrogens with two attached hydrogens (primary N) is 2. The van der Waals surface area contributed by atoms with Gasteiger partial charge in [0.15, 0.2) is 0 Å². The Morgan fingerprint density at radius 3 is 2.84 bits per heavy atom. The first kappa shape index (κ1) is 13.2. The summed E-state index contributed by atoms with van der Waals surface area (Å²) in [6.45, 7) is 3.17. The lowest BCUT2D eigenvalue weighted by molar-refractivity contribution is 0.310. The maximum atomic E-state index is 5.88. The molecule has 0 amide bonds. The molecule has 0 saturated carbocycles. The zero-order valence-corrected chi connectivity index (χ0v) is 11.0. The molecule has 19 heavy (non-hydrogen) atoms. The second-order valence-corrected chi connectivity index (χ2v) is 4.23. The Kier molecular flexibility index (Phi) is 4.22. The van der Waals surface area contributed by atoms with Crippen LogP contribution in [-0.4, -0.2) is 25.2 Å². The van der Waals surface area contributed by atoms with Crippen LogP contribution in [0.1, 0.15) is 19.8 Å². The van der Waals surface area contributed by atoms with Crippen molar-refractivity contribution >= 4 is 17.6 Å². The SMILES string of the molecule is CCCCOc1ccccc1N1CN=C(N)N=C1N. The Bertz CT molecular complexity index is 498. The fraction of sp³-hybridized carbons (Fsp3) is 0.385. The van der Waals surface area contributed by atoms with Gasteiger partial charge < -0.3 is 16.2 Å². The van der Waals surface area contributed by atoms with Crippen molar-refractivity contribution in [2.45, 2.75) is 19.8 Å². The first-order valence-electron chi connectivity index (χ1n) is 6.36. The summed E-state index contributed by atoms with van der Waals surface area (Å²) in [5, 5.41) is 0. The van der Waals surface area contributed by atoms with Crippen molar-refractivity contribution in [2.75, 3.05) is 18.2 Å². The molecule has 0 aliphatic carbocycles. The van der Waals surface area contributed by atoms with Crippen molar-refractivity contribution < 1.29 is 4.74 Å². The highest BCUT2D eigenvalue weighted by Crippen LogP contribution is 2.28. The number of unbranched alkanes of at least 4 members (excludes halogenated alkanes) is 1. The van der Waals surface area contributed by atoms with Gasteiger partial charge in [-0.15, -0.1) is 0 Å². The number of benzene rings is 1. The van der Waals surface area contributed by atoms with Gasteiger partial charge in [0.05, 0.1) is 12.3 Å². The van der Waals surface area contributed by atoms with Gasteiger partial charge in [-0.05, 0) is 18.6 Å². The van der Waals surface area contributed by atoms with Crippen LogP contribution in [-0.2, 0) is 0 Å².